The summed E-state index contributed by atoms with van der Waals surface area (Å²) in [4.78, 5) is 36.0. The maximum absolute atomic E-state index is 13.4. The number of aryl methyl sites for hydroxylation is 1. The molecule has 2 aromatic heterocycles. The molecular weight excluding hydrogens is 530 g/mol. The number of piperidine rings is 1. The van der Waals surface area contributed by atoms with Crippen LogP contribution in [0.1, 0.15) is 70.9 Å². The molecule has 1 N–H and O–H groups in total. The summed E-state index contributed by atoms with van der Waals surface area (Å²) in [5, 5.41) is 3.44. The zero-order chi connectivity index (χ0) is 28.7. The normalized spacial score (nSPS) is 17.4. The van der Waals surface area contributed by atoms with E-state index in [0.29, 0.717) is 43.2 Å². The standard InChI is InChI=1S/C29H37N5O5S/c1-19-17-23(40(37,38)22-13-15-33(16-14-22)28(36)39-29(2,3)4)10-11-24(19)31-27-30-18-20-9-12-25(35)34(26(20)32-27)21-7-5-6-8-21/h9-12,17-18,21-22H,5-8,13-16H2,1-4H3,(H,30,31,32). The second-order valence-electron chi connectivity index (χ2n) is 11.8. The number of hydrogen-bond donors (Lipinski definition) is 1. The molecular formula is C29H37N5O5S. The second-order valence-corrected chi connectivity index (χ2v) is 14.0. The molecule has 0 unspecified atom stereocenters. The van der Waals surface area contributed by atoms with Gasteiger partial charge in [0.15, 0.2) is 9.84 Å². The van der Waals surface area contributed by atoms with E-state index in [2.05, 4.69) is 15.3 Å². The zero-order valence-corrected chi connectivity index (χ0v) is 24.3. The lowest BCUT2D eigenvalue weighted by molar-refractivity contribution is 0.0217. The maximum atomic E-state index is 13.4. The molecule has 2 aliphatic rings. The number of ether oxygens (including phenoxy) is 1. The first-order chi connectivity index (χ1) is 18.9. The molecule has 1 saturated heterocycles. The highest BCUT2D eigenvalue weighted by Crippen LogP contribution is 2.31. The van der Waals surface area contributed by atoms with Gasteiger partial charge in [-0.15, -0.1) is 0 Å². The topological polar surface area (TPSA) is 123 Å². The second kappa shape index (κ2) is 10.8. The third kappa shape index (κ3) is 5.84. The summed E-state index contributed by atoms with van der Waals surface area (Å²) in [7, 11) is -3.58. The monoisotopic (exact) mass is 567 g/mol. The van der Waals surface area contributed by atoms with E-state index in [9.17, 15) is 18.0 Å². The van der Waals surface area contributed by atoms with Gasteiger partial charge < -0.3 is 15.0 Å². The number of carbonyl (C=O) groups is 1. The Kier molecular flexibility index (Phi) is 7.60. The molecule has 40 heavy (non-hydrogen) atoms. The molecule has 1 aromatic carbocycles. The van der Waals surface area contributed by atoms with Gasteiger partial charge >= 0.3 is 6.09 Å². The minimum atomic E-state index is -3.58. The average molecular weight is 568 g/mol. The van der Waals surface area contributed by atoms with Gasteiger partial charge in [0, 0.05) is 42.5 Å². The molecule has 3 aromatic rings. The van der Waals surface area contributed by atoms with E-state index in [1.807, 2.05) is 27.7 Å². The fourth-order valence-electron chi connectivity index (χ4n) is 5.56. The van der Waals surface area contributed by atoms with Crippen molar-refractivity contribution in [3.8, 4) is 0 Å². The lowest BCUT2D eigenvalue weighted by Gasteiger charge is -2.33. The van der Waals surface area contributed by atoms with Crippen LogP contribution in [-0.2, 0) is 14.6 Å². The van der Waals surface area contributed by atoms with Gasteiger partial charge in [0.25, 0.3) is 5.56 Å². The summed E-state index contributed by atoms with van der Waals surface area (Å²) in [5.74, 6) is 0.345. The minimum absolute atomic E-state index is 0.0632. The van der Waals surface area contributed by atoms with Crippen molar-refractivity contribution >= 4 is 38.6 Å². The molecule has 214 valence electrons. The zero-order valence-electron chi connectivity index (χ0n) is 23.5. The van der Waals surface area contributed by atoms with Crippen LogP contribution in [0.2, 0.25) is 0 Å². The number of hydrogen-bond acceptors (Lipinski definition) is 8. The first-order valence-corrected chi connectivity index (χ1v) is 15.4. The number of anilines is 2. The Morgan fingerprint density at radius 1 is 1.05 bits per heavy atom. The molecule has 0 atom stereocenters. The Hall–Kier alpha value is -3.47. The van der Waals surface area contributed by atoms with Crippen LogP contribution >= 0.6 is 0 Å². The third-order valence-electron chi connectivity index (χ3n) is 7.66. The number of carbonyl (C=O) groups excluding carboxylic acids is 1. The van der Waals surface area contributed by atoms with Crippen LogP contribution in [-0.4, -0.2) is 57.9 Å². The molecule has 5 rings (SSSR count). The Morgan fingerprint density at radius 3 is 2.40 bits per heavy atom. The average Bonchev–Trinajstić information content (AvgIpc) is 3.43. The summed E-state index contributed by atoms with van der Waals surface area (Å²) in [5.41, 5.74) is 1.36. The van der Waals surface area contributed by atoms with E-state index in [1.165, 1.54) is 0 Å². The number of likely N-dealkylation sites (tertiary alicyclic amines) is 1. The molecule has 1 amide bonds. The largest absolute Gasteiger partial charge is 0.444 e. The van der Waals surface area contributed by atoms with Crippen LogP contribution in [0.15, 0.2) is 46.2 Å². The van der Waals surface area contributed by atoms with Gasteiger partial charge in [0.05, 0.1) is 10.1 Å². The summed E-state index contributed by atoms with van der Waals surface area (Å²) in [6.07, 6.45) is 6.12. The van der Waals surface area contributed by atoms with E-state index in [-0.39, 0.29) is 16.5 Å². The number of pyridine rings is 1. The smallest absolute Gasteiger partial charge is 0.410 e. The van der Waals surface area contributed by atoms with Crippen molar-refractivity contribution in [2.24, 2.45) is 0 Å². The molecule has 2 fully saturated rings. The predicted molar refractivity (Wildman–Crippen MR) is 154 cm³/mol. The lowest BCUT2D eigenvalue weighted by atomic mass is 10.1. The molecule has 1 saturated carbocycles. The number of amides is 1. The van der Waals surface area contributed by atoms with Gasteiger partial charge in [-0.3, -0.25) is 9.36 Å². The van der Waals surface area contributed by atoms with Crippen molar-refractivity contribution < 1.29 is 17.9 Å². The number of rotatable bonds is 5. The van der Waals surface area contributed by atoms with Gasteiger partial charge in [0.2, 0.25) is 5.95 Å². The highest BCUT2D eigenvalue weighted by atomic mass is 32.2. The lowest BCUT2D eigenvalue weighted by Crippen LogP contribution is -2.44. The number of sulfone groups is 1. The number of aromatic nitrogens is 3. The maximum Gasteiger partial charge on any atom is 0.410 e. The summed E-state index contributed by atoms with van der Waals surface area (Å²) < 4.78 is 34.1. The fourth-order valence-corrected chi connectivity index (χ4v) is 7.37. The highest BCUT2D eigenvalue weighted by molar-refractivity contribution is 7.92. The number of benzene rings is 1. The van der Waals surface area contributed by atoms with E-state index in [0.717, 1.165) is 36.6 Å². The van der Waals surface area contributed by atoms with E-state index in [4.69, 9.17) is 4.74 Å². The van der Waals surface area contributed by atoms with Crippen LogP contribution in [0.25, 0.3) is 11.0 Å². The third-order valence-corrected chi connectivity index (χ3v) is 9.92. The van der Waals surface area contributed by atoms with Gasteiger partial charge in [-0.1, -0.05) is 12.8 Å². The highest BCUT2D eigenvalue weighted by Gasteiger charge is 2.34. The molecule has 1 aliphatic heterocycles. The predicted octanol–water partition coefficient (Wildman–Crippen LogP) is 5.13. The summed E-state index contributed by atoms with van der Waals surface area (Å²) in [6, 6.07) is 8.44. The first kappa shape index (κ1) is 28.1. The summed E-state index contributed by atoms with van der Waals surface area (Å²) >= 11 is 0. The van der Waals surface area contributed by atoms with Crippen LogP contribution in [0.5, 0.6) is 0 Å². The van der Waals surface area contributed by atoms with Gasteiger partial charge in [-0.2, -0.15) is 4.98 Å². The number of fused-ring (bicyclic) bond motifs is 1. The molecule has 3 heterocycles. The SMILES string of the molecule is Cc1cc(S(=O)(=O)C2CCN(C(=O)OC(C)(C)C)CC2)ccc1Nc1ncc2ccc(=O)n(C3CCCC3)c2n1. The van der Waals surface area contributed by atoms with Crippen molar-refractivity contribution in [3.63, 3.8) is 0 Å². The molecule has 0 spiro atoms. The van der Waals surface area contributed by atoms with Crippen LogP contribution < -0.4 is 10.9 Å². The van der Waals surface area contributed by atoms with Gasteiger partial charge in [0.1, 0.15) is 11.2 Å². The van der Waals surface area contributed by atoms with Crippen molar-refractivity contribution in [3.05, 3.63) is 52.4 Å². The Balaban J connectivity index is 1.32. The van der Waals surface area contributed by atoms with Gasteiger partial charge in [-0.05, 0) is 83.2 Å². The number of nitrogens with zero attached hydrogens (tertiary/aromatic N) is 4. The molecule has 0 radical (unpaired) electrons. The molecule has 10 nitrogen and oxygen atoms in total. The van der Waals surface area contributed by atoms with Crippen molar-refractivity contribution in [1.82, 2.24) is 19.4 Å². The van der Waals surface area contributed by atoms with Crippen LogP contribution in [0.3, 0.4) is 0 Å². The van der Waals surface area contributed by atoms with Crippen molar-refractivity contribution in [2.75, 3.05) is 18.4 Å². The van der Waals surface area contributed by atoms with Crippen molar-refractivity contribution in [2.45, 2.75) is 88.0 Å². The van der Waals surface area contributed by atoms with Gasteiger partial charge in [-0.25, -0.2) is 18.2 Å². The fraction of sp³-hybridized carbons (Fsp3) is 0.517. The molecule has 0 bridgehead atoms. The quantitative estimate of drug-likeness (QED) is 0.450. The Bertz CT molecular complexity index is 1580. The van der Waals surface area contributed by atoms with E-state index >= 15 is 0 Å². The molecule has 1 aliphatic carbocycles. The van der Waals surface area contributed by atoms with Crippen molar-refractivity contribution in [1.29, 1.82) is 0 Å². The first-order valence-electron chi connectivity index (χ1n) is 13.9. The number of nitrogens with one attached hydrogen (secondary N) is 1. The Labute approximate surface area is 234 Å². The van der Waals surface area contributed by atoms with Crippen LogP contribution in [0.4, 0.5) is 16.4 Å². The minimum Gasteiger partial charge on any atom is -0.444 e. The van der Waals surface area contributed by atoms with Crippen LogP contribution in [0, 0.1) is 6.92 Å². The van der Waals surface area contributed by atoms with E-state index < -0.39 is 26.8 Å². The molecule has 11 heteroatoms. The summed E-state index contributed by atoms with van der Waals surface area (Å²) in [6.45, 7) is 7.94. The Morgan fingerprint density at radius 2 is 1.75 bits per heavy atom. The van der Waals surface area contributed by atoms with E-state index in [1.54, 1.807) is 46.0 Å².